The number of rotatable bonds is 7. The van der Waals surface area contributed by atoms with Gasteiger partial charge in [0.05, 0.1) is 12.8 Å². The highest BCUT2D eigenvalue weighted by Crippen LogP contribution is 2.28. The third-order valence-corrected chi connectivity index (χ3v) is 3.48. The number of halogens is 1. The largest absolute Gasteiger partial charge is 0.490 e. The summed E-state index contributed by atoms with van der Waals surface area (Å²) in [5.74, 6) is 0.959. The van der Waals surface area contributed by atoms with Gasteiger partial charge in [-0.25, -0.2) is 4.39 Å². The fourth-order valence-electron chi connectivity index (χ4n) is 1.96. The molecule has 0 saturated heterocycles. The molecule has 0 fully saturated rings. The maximum atomic E-state index is 12.9. The minimum absolute atomic E-state index is 0.270. The molecule has 0 spiro atoms. The van der Waals surface area contributed by atoms with Gasteiger partial charge in [-0.05, 0) is 60.6 Å². The van der Waals surface area contributed by atoms with Crippen LogP contribution in [0.3, 0.4) is 0 Å². The van der Waals surface area contributed by atoms with Gasteiger partial charge >= 0.3 is 0 Å². The molecule has 7 heteroatoms. The van der Waals surface area contributed by atoms with Gasteiger partial charge in [-0.15, -0.1) is 0 Å². The molecular formula is C18H20FN3O2S. The molecule has 0 aliphatic carbocycles. The number of ether oxygens (including phenoxy) is 2. The molecule has 0 saturated carbocycles. The van der Waals surface area contributed by atoms with Crippen molar-refractivity contribution in [3.63, 3.8) is 0 Å². The molecule has 132 valence electrons. The van der Waals surface area contributed by atoms with Crippen molar-refractivity contribution < 1.29 is 13.9 Å². The Balaban J connectivity index is 2.06. The standard InChI is InChI=1S/C18H20FN3O2S/c1-3-23-17-10-14(11-21-22-18(25)20-2)6-9-16(17)24-12-13-4-7-15(19)8-5-13/h4-11H,3,12H2,1-2H3,(H2,20,22,25)/b21-11+. The molecule has 0 amide bonds. The van der Waals surface area contributed by atoms with Gasteiger partial charge in [-0.1, -0.05) is 12.1 Å². The molecule has 2 aromatic carbocycles. The van der Waals surface area contributed by atoms with Crippen LogP contribution >= 0.6 is 12.2 Å². The Labute approximate surface area is 151 Å². The predicted molar refractivity (Wildman–Crippen MR) is 101 cm³/mol. The van der Waals surface area contributed by atoms with Gasteiger partial charge in [0.1, 0.15) is 12.4 Å². The van der Waals surface area contributed by atoms with Gasteiger partial charge in [0.25, 0.3) is 0 Å². The van der Waals surface area contributed by atoms with Gasteiger partial charge in [0, 0.05) is 7.05 Å². The van der Waals surface area contributed by atoms with Crippen LogP contribution in [0.1, 0.15) is 18.1 Å². The number of nitrogens with zero attached hydrogens (tertiary/aromatic N) is 1. The number of nitrogens with one attached hydrogen (secondary N) is 2. The zero-order chi connectivity index (χ0) is 18.1. The second-order valence-corrected chi connectivity index (χ2v) is 5.41. The topological polar surface area (TPSA) is 54.9 Å². The first-order valence-corrected chi connectivity index (χ1v) is 8.18. The smallest absolute Gasteiger partial charge is 0.186 e. The lowest BCUT2D eigenvalue weighted by Crippen LogP contribution is -2.28. The molecule has 0 aromatic heterocycles. The first kappa shape index (κ1) is 18.7. The molecule has 5 nitrogen and oxygen atoms in total. The number of hydrazone groups is 1. The van der Waals surface area contributed by atoms with Crippen molar-refractivity contribution in [2.24, 2.45) is 5.10 Å². The molecule has 0 unspecified atom stereocenters. The maximum Gasteiger partial charge on any atom is 0.186 e. The molecule has 0 atom stereocenters. The Morgan fingerprint density at radius 3 is 2.60 bits per heavy atom. The average molecular weight is 361 g/mol. The fraction of sp³-hybridized carbons (Fsp3) is 0.222. The maximum absolute atomic E-state index is 12.9. The normalized spacial score (nSPS) is 10.5. The highest BCUT2D eigenvalue weighted by atomic mass is 32.1. The van der Waals surface area contributed by atoms with Crippen LogP contribution in [-0.2, 0) is 6.61 Å². The Hall–Kier alpha value is -2.67. The summed E-state index contributed by atoms with van der Waals surface area (Å²) in [5, 5.41) is 7.23. The third-order valence-electron chi connectivity index (χ3n) is 3.18. The van der Waals surface area contributed by atoms with Crippen LogP contribution in [0.25, 0.3) is 0 Å². The molecular weight excluding hydrogens is 341 g/mol. The van der Waals surface area contributed by atoms with Gasteiger partial charge in [0.2, 0.25) is 0 Å². The fourth-order valence-corrected chi connectivity index (χ4v) is 2.01. The zero-order valence-corrected chi connectivity index (χ0v) is 14.9. The van der Waals surface area contributed by atoms with Crippen LogP contribution in [0.5, 0.6) is 11.5 Å². The summed E-state index contributed by atoms with van der Waals surface area (Å²) in [7, 11) is 1.71. The highest BCUT2D eigenvalue weighted by molar-refractivity contribution is 7.80. The number of hydrogen-bond donors (Lipinski definition) is 2. The highest BCUT2D eigenvalue weighted by Gasteiger charge is 2.06. The summed E-state index contributed by atoms with van der Waals surface area (Å²) in [5.41, 5.74) is 4.40. The molecule has 25 heavy (non-hydrogen) atoms. The minimum Gasteiger partial charge on any atom is -0.490 e. The SMILES string of the molecule is CCOc1cc(/C=N/NC(=S)NC)ccc1OCc1ccc(F)cc1. The van der Waals surface area contributed by atoms with E-state index < -0.39 is 0 Å². The van der Waals surface area contributed by atoms with E-state index in [2.05, 4.69) is 15.8 Å². The quantitative estimate of drug-likeness (QED) is 0.450. The first-order chi connectivity index (χ1) is 12.1. The predicted octanol–water partition coefficient (Wildman–Crippen LogP) is 3.23. The number of hydrogen-bond acceptors (Lipinski definition) is 4. The summed E-state index contributed by atoms with van der Waals surface area (Å²) in [6, 6.07) is 11.7. The Bertz CT molecular complexity index is 736. The zero-order valence-electron chi connectivity index (χ0n) is 14.1. The van der Waals surface area contributed by atoms with E-state index in [0.29, 0.717) is 29.8 Å². The summed E-state index contributed by atoms with van der Waals surface area (Å²) < 4.78 is 24.4. The van der Waals surface area contributed by atoms with Crippen LogP contribution in [-0.4, -0.2) is 25.0 Å². The van der Waals surface area contributed by atoms with E-state index in [1.165, 1.54) is 12.1 Å². The van der Waals surface area contributed by atoms with Gasteiger partial charge in [-0.3, -0.25) is 5.43 Å². The van der Waals surface area contributed by atoms with Crippen LogP contribution in [0.15, 0.2) is 47.6 Å². The van der Waals surface area contributed by atoms with Crippen LogP contribution < -0.4 is 20.2 Å². The van der Waals surface area contributed by atoms with Crippen molar-refractivity contribution in [1.82, 2.24) is 10.7 Å². The molecule has 2 rings (SSSR count). The molecule has 0 radical (unpaired) electrons. The molecule has 0 aliphatic rings. The second-order valence-electron chi connectivity index (χ2n) is 5.00. The van der Waals surface area contributed by atoms with E-state index in [9.17, 15) is 4.39 Å². The van der Waals surface area contributed by atoms with Crippen molar-refractivity contribution in [1.29, 1.82) is 0 Å². The average Bonchev–Trinajstić information content (AvgIpc) is 2.62. The van der Waals surface area contributed by atoms with Crippen molar-refractivity contribution in [2.45, 2.75) is 13.5 Å². The summed E-state index contributed by atoms with van der Waals surface area (Å²) >= 11 is 4.94. The lowest BCUT2D eigenvalue weighted by molar-refractivity contribution is 0.269. The molecule has 2 N–H and O–H groups in total. The van der Waals surface area contributed by atoms with E-state index in [0.717, 1.165) is 11.1 Å². The van der Waals surface area contributed by atoms with Crippen molar-refractivity contribution in [3.05, 3.63) is 59.4 Å². The molecule has 0 bridgehead atoms. The third kappa shape index (κ3) is 6.04. The molecule has 2 aromatic rings. The van der Waals surface area contributed by atoms with Crippen LogP contribution in [0, 0.1) is 5.82 Å². The van der Waals surface area contributed by atoms with Crippen molar-refractivity contribution in [3.8, 4) is 11.5 Å². The molecule has 0 aliphatic heterocycles. The van der Waals surface area contributed by atoms with Crippen LogP contribution in [0.2, 0.25) is 0 Å². The van der Waals surface area contributed by atoms with E-state index in [1.54, 1.807) is 25.4 Å². The Morgan fingerprint density at radius 1 is 1.16 bits per heavy atom. The second kappa shape index (κ2) is 9.58. The van der Waals surface area contributed by atoms with Gasteiger partial charge in [-0.2, -0.15) is 5.10 Å². The minimum atomic E-state index is -0.270. The number of thiocarbonyl (C=S) groups is 1. The lowest BCUT2D eigenvalue weighted by Gasteiger charge is -2.12. The van der Waals surface area contributed by atoms with Gasteiger partial charge in [0.15, 0.2) is 16.6 Å². The van der Waals surface area contributed by atoms with E-state index >= 15 is 0 Å². The number of benzene rings is 2. The van der Waals surface area contributed by atoms with E-state index in [1.807, 2.05) is 25.1 Å². The summed E-state index contributed by atoms with van der Waals surface area (Å²) in [6.07, 6.45) is 1.63. The van der Waals surface area contributed by atoms with Crippen LogP contribution in [0.4, 0.5) is 4.39 Å². The van der Waals surface area contributed by atoms with E-state index in [4.69, 9.17) is 21.7 Å². The Morgan fingerprint density at radius 2 is 1.92 bits per heavy atom. The first-order valence-electron chi connectivity index (χ1n) is 7.77. The summed E-state index contributed by atoms with van der Waals surface area (Å²) in [4.78, 5) is 0. The molecule has 0 heterocycles. The van der Waals surface area contributed by atoms with Gasteiger partial charge < -0.3 is 14.8 Å². The van der Waals surface area contributed by atoms with E-state index in [-0.39, 0.29) is 5.82 Å². The summed E-state index contributed by atoms with van der Waals surface area (Å²) in [6.45, 7) is 2.73. The monoisotopic (exact) mass is 361 g/mol. The Kier molecular flexibility index (Phi) is 7.16. The lowest BCUT2D eigenvalue weighted by atomic mass is 10.2. The van der Waals surface area contributed by atoms with Crippen molar-refractivity contribution >= 4 is 23.5 Å². The van der Waals surface area contributed by atoms with Crippen molar-refractivity contribution in [2.75, 3.05) is 13.7 Å².